The monoisotopic (exact) mass is 1650 g/mol. The first-order valence-corrected chi connectivity index (χ1v) is 39.4. The SMILES string of the molecule is Cc1cc(C)n2nc(C(=O)N3C[C@H]4CC(c5ccccc5C(F)(F)F)C[C@H]4C3)nc2n1.Cc1ccn2c(C(=O)N3C[C@H]4CC(c5ccccc5C(F)(F)F)C[C@H]4C3)nnc2n1.O=C(c1nc2ncccn2n1)N1C[C@H]2CC(c3ccccc3C(F)(F)F)C[C@H]2C1.O=C(c1nnc2ncccn12)N1C[C@H]2CC(c3ccccc3C(F)(F)F)C[C@H]2C1. The van der Waals surface area contributed by atoms with Crippen molar-refractivity contribution in [2.24, 2.45) is 47.3 Å². The Hall–Kier alpha value is -11.9. The van der Waals surface area contributed by atoms with Crippen molar-refractivity contribution in [2.75, 3.05) is 52.4 Å². The lowest BCUT2D eigenvalue weighted by Gasteiger charge is -2.21. The molecule has 36 heteroatoms. The molecular weight excluding hydrogens is 1570 g/mol. The van der Waals surface area contributed by atoms with E-state index in [4.69, 9.17) is 0 Å². The van der Waals surface area contributed by atoms with Crippen LogP contribution in [-0.4, -0.2) is 174 Å². The first-order chi connectivity index (χ1) is 56.8. The number of aromatic nitrogens is 16. The van der Waals surface area contributed by atoms with Gasteiger partial charge in [-0.15, -0.1) is 30.6 Å². The fourth-order valence-corrected chi connectivity index (χ4v) is 19.9. The summed E-state index contributed by atoms with van der Waals surface area (Å²) >= 11 is 0. The molecule has 4 aliphatic carbocycles. The lowest BCUT2D eigenvalue weighted by molar-refractivity contribution is -0.139. The summed E-state index contributed by atoms with van der Waals surface area (Å²) in [5, 5.41) is 24.4. The number of carbonyl (C=O) groups is 4. The van der Waals surface area contributed by atoms with Crippen LogP contribution in [-0.2, 0) is 24.7 Å². The molecule has 24 nitrogen and oxygen atoms in total. The zero-order valence-corrected chi connectivity index (χ0v) is 64.3. The molecule has 4 aromatic carbocycles. The summed E-state index contributed by atoms with van der Waals surface area (Å²) in [7, 11) is 0. The van der Waals surface area contributed by atoms with E-state index in [1.165, 1.54) is 28.8 Å². The Balaban J connectivity index is 0.000000113. The Morgan fingerprint density at radius 1 is 0.336 bits per heavy atom. The molecule has 0 radical (unpaired) electrons. The molecule has 4 unspecified atom stereocenters. The molecule has 20 rings (SSSR count). The number of fused-ring (bicyclic) bond motifs is 8. The van der Waals surface area contributed by atoms with Crippen LogP contribution in [0.15, 0.2) is 152 Å². The number of carbonyl (C=O) groups excluding carboxylic acids is 4. The summed E-state index contributed by atoms with van der Waals surface area (Å²) < 4.78 is 167. The predicted octanol–water partition coefficient (Wildman–Crippen LogP) is 14.6. The van der Waals surface area contributed by atoms with Crippen molar-refractivity contribution >= 4 is 46.7 Å². The number of benzene rings is 4. The van der Waals surface area contributed by atoms with Crippen LogP contribution in [0.2, 0.25) is 0 Å². The summed E-state index contributed by atoms with van der Waals surface area (Å²) in [6, 6.07) is 30.4. The number of alkyl halides is 12. The molecule has 618 valence electrons. The number of halogens is 12. The van der Waals surface area contributed by atoms with Gasteiger partial charge >= 0.3 is 24.7 Å². The highest BCUT2D eigenvalue weighted by molar-refractivity contribution is 5.93. The van der Waals surface area contributed by atoms with Crippen molar-refractivity contribution in [1.82, 2.24) is 97.9 Å². The number of rotatable bonds is 8. The fourth-order valence-electron chi connectivity index (χ4n) is 19.9. The first kappa shape index (κ1) is 79.6. The van der Waals surface area contributed by atoms with Gasteiger partial charge in [-0.2, -0.15) is 62.7 Å². The molecule has 12 heterocycles. The quantitative estimate of drug-likeness (QED) is 0.128. The van der Waals surface area contributed by atoms with Gasteiger partial charge in [0.2, 0.25) is 23.3 Å². The summed E-state index contributed by atoms with van der Waals surface area (Å²) in [5.74, 6) is 2.24. The van der Waals surface area contributed by atoms with Gasteiger partial charge in [-0.3, -0.25) is 28.0 Å². The molecule has 12 atom stereocenters. The van der Waals surface area contributed by atoms with E-state index in [1.54, 1.807) is 131 Å². The van der Waals surface area contributed by atoms with E-state index in [9.17, 15) is 71.9 Å². The first-order valence-electron chi connectivity index (χ1n) is 39.4. The third-order valence-corrected chi connectivity index (χ3v) is 25.1. The van der Waals surface area contributed by atoms with Gasteiger partial charge in [-0.05, 0) is 214 Å². The molecule has 4 amide bonds. The average Bonchev–Trinajstić information content (AvgIpc) is 1.63. The number of likely N-dealkylation sites (tertiary alicyclic amines) is 4. The van der Waals surface area contributed by atoms with Crippen molar-refractivity contribution in [2.45, 2.75) is 121 Å². The van der Waals surface area contributed by atoms with E-state index in [-0.39, 0.29) is 118 Å². The van der Waals surface area contributed by atoms with Crippen LogP contribution < -0.4 is 0 Å². The van der Waals surface area contributed by atoms with Gasteiger partial charge < -0.3 is 19.6 Å². The third-order valence-electron chi connectivity index (χ3n) is 25.1. The Kier molecular flexibility index (Phi) is 20.8. The van der Waals surface area contributed by atoms with Gasteiger partial charge in [0, 0.05) is 100 Å². The van der Waals surface area contributed by atoms with Crippen LogP contribution in [0.3, 0.4) is 0 Å². The number of aryl methyl sites for hydroxylation is 3. The van der Waals surface area contributed by atoms with Crippen molar-refractivity contribution in [3.63, 3.8) is 0 Å². The van der Waals surface area contributed by atoms with Crippen LogP contribution in [0.5, 0.6) is 0 Å². The highest BCUT2D eigenvalue weighted by Gasteiger charge is 2.51. The van der Waals surface area contributed by atoms with Gasteiger partial charge in [0.05, 0.1) is 22.3 Å². The number of hydrogen-bond acceptors (Lipinski definition) is 16. The Morgan fingerprint density at radius 3 is 1.05 bits per heavy atom. The average molecular weight is 1650 g/mol. The Labute approximate surface area is 671 Å². The van der Waals surface area contributed by atoms with E-state index >= 15 is 0 Å². The smallest absolute Gasteiger partial charge is 0.335 e. The molecular formula is C83H78F12N20O4. The van der Waals surface area contributed by atoms with Crippen LogP contribution in [0.4, 0.5) is 52.7 Å². The maximum Gasteiger partial charge on any atom is 0.416 e. The second-order valence-electron chi connectivity index (χ2n) is 32.5. The van der Waals surface area contributed by atoms with Gasteiger partial charge in [0.25, 0.3) is 46.7 Å². The lowest BCUT2D eigenvalue weighted by Crippen LogP contribution is -2.31. The standard InChI is InChI=1S/C22H22F3N5O.C21H20F3N5O.2C20H18F3N5O/c1-12-7-13(2)30-21(26-12)27-19(28-30)20(31)29-10-15-8-14(9-16(15)11-29)17-5-3-4-6-18(17)22(23,24)25;1-12-6-7-29-18(26-27-20(29)25-12)19(30)28-10-14-8-13(9-15(14)11-28)16-4-2-3-5-17(16)21(22,23)24;21-20(22,23)16-5-2-1-4-15(16)12-8-13-10-27(11-14(13)9-12)18(29)17-25-26-19-24-6-3-7-28(17)19;21-20(22,23)16-5-2-1-4-15(16)12-8-13-10-27(11-14(13)9-12)18(29)17-25-19-24-6-3-7-28(19)26-17/h3-7,14-16H,8-11H2,1-2H3;2-7,13-15H,8-11H2,1H3;2*1-7,12-14H,8-11H2/t14?,15-,16+;13?,14-,15+;2*12?,13-,14+. The molecule has 8 fully saturated rings. The number of amides is 4. The molecule has 4 saturated carbocycles. The predicted molar refractivity (Wildman–Crippen MR) is 403 cm³/mol. The zero-order chi connectivity index (χ0) is 83.3. The van der Waals surface area contributed by atoms with E-state index in [1.807, 2.05) is 26.8 Å². The Bertz CT molecular complexity index is 5770. The van der Waals surface area contributed by atoms with Crippen molar-refractivity contribution < 1.29 is 71.9 Å². The minimum Gasteiger partial charge on any atom is -0.335 e. The molecule has 8 aromatic heterocycles. The molecule has 0 N–H and O–H groups in total. The van der Waals surface area contributed by atoms with Crippen molar-refractivity contribution in [3.8, 4) is 0 Å². The van der Waals surface area contributed by atoms with Gasteiger partial charge in [0.1, 0.15) is 0 Å². The van der Waals surface area contributed by atoms with Crippen LogP contribution in [0, 0.1) is 68.1 Å². The molecule has 4 saturated heterocycles. The highest BCUT2D eigenvalue weighted by atomic mass is 19.4. The lowest BCUT2D eigenvalue weighted by atomic mass is 9.91. The maximum absolute atomic E-state index is 13.4. The third kappa shape index (κ3) is 15.9. The highest BCUT2D eigenvalue weighted by Crippen LogP contribution is 2.54. The normalized spacial score (nSPS) is 24.0. The molecule has 4 aliphatic heterocycles. The second kappa shape index (κ2) is 31.1. The second-order valence-corrected chi connectivity index (χ2v) is 32.5. The molecule has 0 spiro atoms. The van der Waals surface area contributed by atoms with E-state index in [2.05, 4.69) is 60.5 Å². The van der Waals surface area contributed by atoms with Gasteiger partial charge in [-0.1, -0.05) is 72.8 Å². The fraction of sp³-hybridized carbons (Fsp3) is 0.422. The van der Waals surface area contributed by atoms with E-state index in [0.717, 1.165) is 41.3 Å². The maximum atomic E-state index is 13.4. The largest absolute Gasteiger partial charge is 0.416 e. The molecule has 0 bridgehead atoms. The summed E-state index contributed by atoms with van der Waals surface area (Å²) in [4.78, 5) is 83.8. The topological polar surface area (TPSA) is 254 Å². The molecule has 8 aliphatic rings. The van der Waals surface area contributed by atoms with Gasteiger partial charge in [0.15, 0.2) is 0 Å². The number of nitrogens with zero attached hydrogens (tertiary/aromatic N) is 20. The minimum atomic E-state index is -4.35. The molecule has 119 heavy (non-hydrogen) atoms. The summed E-state index contributed by atoms with van der Waals surface area (Å²) in [5.41, 5.74) is 1.77. The number of hydrogen-bond donors (Lipinski definition) is 0. The minimum absolute atomic E-state index is 0.0997. The summed E-state index contributed by atoms with van der Waals surface area (Å²) in [6.45, 7) is 9.79. The summed E-state index contributed by atoms with van der Waals surface area (Å²) in [6.07, 6.45) is -3.90. The van der Waals surface area contributed by atoms with Crippen molar-refractivity contribution in [1.29, 1.82) is 0 Å². The van der Waals surface area contributed by atoms with Crippen LogP contribution in [0.1, 0.15) is 179 Å². The molecule has 12 aromatic rings. The van der Waals surface area contributed by atoms with Crippen LogP contribution in [0.25, 0.3) is 23.1 Å². The van der Waals surface area contributed by atoms with Crippen molar-refractivity contribution in [3.05, 3.63) is 237 Å². The zero-order valence-electron chi connectivity index (χ0n) is 64.3. The van der Waals surface area contributed by atoms with Crippen LogP contribution >= 0.6 is 0 Å². The van der Waals surface area contributed by atoms with Gasteiger partial charge in [-0.25, -0.2) is 29.0 Å². The Morgan fingerprint density at radius 2 is 0.664 bits per heavy atom. The van der Waals surface area contributed by atoms with E-state index < -0.39 is 47.0 Å². The van der Waals surface area contributed by atoms with E-state index in [0.29, 0.717) is 149 Å².